The smallest absolute Gasteiger partial charge is 0.0953 e. The van der Waals surface area contributed by atoms with Crippen molar-refractivity contribution in [2.24, 2.45) is 0 Å². The summed E-state index contributed by atoms with van der Waals surface area (Å²) in [5.41, 5.74) is 1.43. The molecule has 0 saturated carbocycles. The third-order valence-corrected chi connectivity index (χ3v) is 3.29. The molecule has 0 saturated heterocycles. The van der Waals surface area contributed by atoms with E-state index in [4.69, 9.17) is 0 Å². The molecular weight excluding hydrogens is 204 g/mol. The van der Waals surface area contributed by atoms with Crippen LogP contribution in [0, 0.1) is 0 Å². The lowest BCUT2D eigenvalue weighted by Crippen LogP contribution is -2.37. The van der Waals surface area contributed by atoms with Crippen LogP contribution in [0.1, 0.15) is 51.2 Å². The fourth-order valence-electron chi connectivity index (χ4n) is 1.27. The quantitative estimate of drug-likeness (QED) is 0.853. The Bertz CT molecular complexity index is 297. The molecule has 0 aliphatic carbocycles. The number of nitrogens with one attached hydrogen (secondary N) is 1. The second kappa shape index (κ2) is 5.08. The summed E-state index contributed by atoms with van der Waals surface area (Å²) in [5.74, 6) is 0.555. The van der Waals surface area contributed by atoms with E-state index in [2.05, 4.69) is 50.3 Å². The van der Waals surface area contributed by atoms with Crippen molar-refractivity contribution in [3.63, 3.8) is 0 Å². The Morgan fingerprint density at radius 2 is 2.07 bits per heavy atom. The second-order valence-corrected chi connectivity index (χ2v) is 6.15. The van der Waals surface area contributed by atoms with E-state index < -0.39 is 0 Å². The highest BCUT2D eigenvalue weighted by Crippen LogP contribution is 2.19. The maximum Gasteiger partial charge on any atom is 0.0953 e. The van der Waals surface area contributed by atoms with E-state index in [1.807, 2.05) is 0 Å². The van der Waals surface area contributed by atoms with Crippen LogP contribution in [0.4, 0.5) is 0 Å². The van der Waals surface area contributed by atoms with Crippen LogP contribution in [0.3, 0.4) is 0 Å². The molecule has 1 aromatic heterocycles. The standard InChI is InChI=1S/C12H22N2S/c1-9(2)11-14-10(8-15-11)6-7-13-12(3,4)5/h8-9,13H,6-7H2,1-5H3. The van der Waals surface area contributed by atoms with Crippen LogP contribution >= 0.6 is 11.3 Å². The van der Waals surface area contributed by atoms with Crippen molar-refractivity contribution in [1.82, 2.24) is 10.3 Å². The molecule has 0 radical (unpaired) electrons. The maximum atomic E-state index is 4.61. The predicted molar refractivity (Wildman–Crippen MR) is 67.7 cm³/mol. The summed E-state index contributed by atoms with van der Waals surface area (Å²) in [4.78, 5) is 4.61. The lowest BCUT2D eigenvalue weighted by atomic mass is 10.1. The molecule has 0 aliphatic heterocycles. The summed E-state index contributed by atoms with van der Waals surface area (Å²) in [5, 5.41) is 6.90. The summed E-state index contributed by atoms with van der Waals surface area (Å²) in [6.45, 7) is 11.9. The molecule has 0 bridgehead atoms. The van der Waals surface area contributed by atoms with Gasteiger partial charge in [0, 0.05) is 29.8 Å². The summed E-state index contributed by atoms with van der Waals surface area (Å²) in [7, 11) is 0. The molecule has 0 aliphatic rings. The largest absolute Gasteiger partial charge is 0.312 e. The number of nitrogens with zero attached hydrogens (tertiary/aromatic N) is 1. The minimum absolute atomic E-state index is 0.205. The summed E-state index contributed by atoms with van der Waals surface area (Å²) in [6, 6.07) is 0. The van der Waals surface area contributed by atoms with Gasteiger partial charge in [-0.05, 0) is 20.8 Å². The van der Waals surface area contributed by atoms with E-state index in [-0.39, 0.29) is 5.54 Å². The highest BCUT2D eigenvalue weighted by molar-refractivity contribution is 7.09. The Kier molecular flexibility index (Phi) is 4.29. The van der Waals surface area contributed by atoms with Gasteiger partial charge in [-0.25, -0.2) is 4.98 Å². The fourth-order valence-corrected chi connectivity index (χ4v) is 2.14. The van der Waals surface area contributed by atoms with E-state index >= 15 is 0 Å². The van der Waals surface area contributed by atoms with Gasteiger partial charge in [-0.2, -0.15) is 0 Å². The van der Waals surface area contributed by atoms with Gasteiger partial charge in [-0.3, -0.25) is 0 Å². The second-order valence-electron chi connectivity index (χ2n) is 5.26. The first-order chi connectivity index (χ1) is 6.88. The third-order valence-electron chi connectivity index (χ3n) is 2.10. The highest BCUT2D eigenvalue weighted by atomic mass is 32.1. The van der Waals surface area contributed by atoms with Crippen LogP contribution < -0.4 is 5.32 Å². The van der Waals surface area contributed by atoms with Gasteiger partial charge in [-0.1, -0.05) is 13.8 Å². The van der Waals surface area contributed by atoms with Crippen LogP contribution in [0.5, 0.6) is 0 Å². The van der Waals surface area contributed by atoms with Crippen LogP contribution in [0.25, 0.3) is 0 Å². The summed E-state index contributed by atoms with van der Waals surface area (Å²) < 4.78 is 0. The van der Waals surface area contributed by atoms with Gasteiger partial charge in [0.15, 0.2) is 0 Å². The summed E-state index contributed by atoms with van der Waals surface area (Å²) in [6.07, 6.45) is 1.03. The molecule has 0 fully saturated rings. The molecule has 3 heteroatoms. The minimum Gasteiger partial charge on any atom is -0.312 e. The zero-order chi connectivity index (χ0) is 11.5. The van der Waals surface area contributed by atoms with Crippen molar-refractivity contribution >= 4 is 11.3 Å². The van der Waals surface area contributed by atoms with Crippen molar-refractivity contribution in [2.75, 3.05) is 6.54 Å². The molecule has 0 atom stereocenters. The van der Waals surface area contributed by atoms with Gasteiger partial charge in [-0.15, -0.1) is 11.3 Å². The molecule has 15 heavy (non-hydrogen) atoms. The fraction of sp³-hybridized carbons (Fsp3) is 0.750. The molecule has 1 rings (SSSR count). The molecule has 0 unspecified atom stereocenters. The number of aromatic nitrogens is 1. The Morgan fingerprint density at radius 3 is 2.53 bits per heavy atom. The van der Waals surface area contributed by atoms with Gasteiger partial charge in [0.05, 0.1) is 10.7 Å². The summed E-state index contributed by atoms with van der Waals surface area (Å²) >= 11 is 1.78. The molecule has 2 nitrogen and oxygen atoms in total. The van der Waals surface area contributed by atoms with E-state index in [0.717, 1.165) is 13.0 Å². The molecular formula is C12H22N2S. The lowest BCUT2D eigenvalue weighted by molar-refractivity contribution is 0.428. The maximum absolute atomic E-state index is 4.61. The molecule has 0 amide bonds. The minimum atomic E-state index is 0.205. The molecule has 86 valence electrons. The number of thiazole rings is 1. The highest BCUT2D eigenvalue weighted by Gasteiger charge is 2.09. The van der Waals surface area contributed by atoms with Crippen LogP contribution in [-0.4, -0.2) is 17.1 Å². The molecule has 1 heterocycles. The Morgan fingerprint density at radius 1 is 1.40 bits per heavy atom. The van der Waals surface area contributed by atoms with Gasteiger partial charge < -0.3 is 5.32 Å². The van der Waals surface area contributed by atoms with Crippen LogP contribution in [-0.2, 0) is 6.42 Å². The SMILES string of the molecule is CC(C)c1nc(CCNC(C)(C)C)cs1. The van der Waals surface area contributed by atoms with Crippen molar-refractivity contribution < 1.29 is 0 Å². The van der Waals surface area contributed by atoms with Gasteiger partial charge in [0.1, 0.15) is 0 Å². The van der Waals surface area contributed by atoms with Crippen LogP contribution in [0.15, 0.2) is 5.38 Å². The van der Waals surface area contributed by atoms with E-state index in [9.17, 15) is 0 Å². The van der Waals surface area contributed by atoms with E-state index in [1.165, 1.54) is 10.7 Å². The Hall–Kier alpha value is -0.410. The van der Waals surface area contributed by atoms with Gasteiger partial charge in [0.2, 0.25) is 0 Å². The van der Waals surface area contributed by atoms with Crippen molar-refractivity contribution in [3.05, 3.63) is 16.1 Å². The topological polar surface area (TPSA) is 24.9 Å². The number of rotatable bonds is 4. The third kappa shape index (κ3) is 4.76. The van der Waals surface area contributed by atoms with E-state index in [1.54, 1.807) is 11.3 Å². The first kappa shape index (κ1) is 12.7. The molecule has 1 aromatic rings. The van der Waals surface area contributed by atoms with Crippen LogP contribution in [0.2, 0.25) is 0 Å². The predicted octanol–water partition coefficient (Wildman–Crippen LogP) is 3.20. The Balaban J connectivity index is 2.38. The molecule has 0 aromatic carbocycles. The van der Waals surface area contributed by atoms with Gasteiger partial charge >= 0.3 is 0 Å². The normalized spacial score (nSPS) is 12.4. The van der Waals surface area contributed by atoms with Crippen molar-refractivity contribution in [1.29, 1.82) is 0 Å². The first-order valence-electron chi connectivity index (χ1n) is 5.58. The monoisotopic (exact) mass is 226 g/mol. The van der Waals surface area contributed by atoms with Crippen molar-refractivity contribution in [3.8, 4) is 0 Å². The zero-order valence-electron chi connectivity index (χ0n) is 10.4. The number of hydrogen-bond acceptors (Lipinski definition) is 3. The van der Waals surface area contributed by atoms with E-state index in [0.29, 0.717) is 5.92 Å². The van der Waals surface area contributed by atoms with Gasteiger partial charge in [0.25, 0.3) is 0 Å². The molecule has 1 N–H and O–H groups in total. The molecule has 0 spiro atoms. The lowest BCUT2D eigenvalue weighted by Gasteiger charge is -2.19. The Labute approximate surface area is 97.1 Å². The average molecular weight is 226 g/mol. The zero-order valence-corrected chi connectivity index (χ0v) is 11.2. The first-order valence-corrected chi connectivity index (χ1v) is 6.46. The number of hydrogen-bond donors (Lipinski definition) is 1. The average Bonchev–Trinajstić information content (AvgIpc) is 2.50. The van der Waals surface area contributed by atoms with Crippen molar-refractivity contribution in [2.45, 2.75) is 52.5 Å².